The Morgan fingerprint density at radius 1 is 1.19 bits per heavy atom. The topological polar surface area (TPSA) is 84.0 Å². The Balaban J connectivity index is 1.42. The summed E-state index contributed by atoms with van der Waals surface area (Å²) < 4.78 is 11.0. The lowest BCUT2D eigenvalue weighted by Gasteiger charge is -2.13. The van der Waals surface area contributed by atoms with Crippen LogP contribution in [-0.4, -0.2) is 41.7 Å². The van der Waals surface area contributed by atoms with Crippen LogP contribution in [0.15, 0.2) is 64.8 Å². The van der Waals surface area contributed by atoms with Gasteiger partial charge < -0.3 is 9.47 Å². The van der Waals surface area contributed by atoms with Gasteiger partial charge in [0.15, 0.2) is 0 Å². The molecule has 6 nitrogen and oxygen atoms in total. The van der Waals surface area contributed by atoms with Crippen LogP contribution >= 0.6 is 35.1 Å². The van der Waals surface area contributed by atoms with Gasteiger partial charge in [0.1, 0.15) is 12.4 Å². The third-order valence-electron chi connectivity index (χ3n) is 4.32. The van der Waals surface area contributed by atoms with Crippen LogP contribution < -0.4 is 4.74 Å². The van der Waals surface area contributed by atoms with Gasteiger partial charge >= 0.3 is 5.97 Å². The minimum absolute atomic E-state index is 0.147. The molecule has 0 bridgehead atoms. The smallest absolute Gasteiger partial charge is 0.309 e. The number of halogens is 1. The molecule has 0 aromatic heterocycles. The van der Waals surface area contributed by atoms with Gasteiger partial charge in [-0.3, -0.25) is 4.79 Å². The maximum Gasteiger partial charge on any atom is 0.309 e. The molecule has 1 aliphatic heterocycles. The predicted molar refractivity (Wildman–Crippen MR) is 131 cm³/mol. The number of thioether (sulfide) groups is 2. The van der Waals surface area contributed by atoms with E-state index in [1.807, 2.05) is 11.8 Å². The second-order valence-electron chi connectivity index (χ2n) is 6.95. The van der Waals surface area contributed by atoms with Crippen LogP contribution in [0.5, 0.6) is 5.75 Å². The number of benzene rings is 2. The predicted octanol–water partition coefficient (Wildman–Crippen LogP) is 6.34. The highest BCUT2D eigenvalue weighted by atomic mass is 35.5. The zero-order valence-electron chi connectivity index (χ0n) is 17.3. The average molecular weight is 488 g/mol. The highest BCUT2D eigenvalue weighted by Gasteiger charge is 2.17. The maximum atomic E-state index is 12.0. The molecule has 1 heterocycles. The molecular weight excluding hydrogens is 466 g/mol. The van der Waals surface area contributed by atoms with Gasteiger partial charge in [-0.05, 0) is 42.5 Å². The first-order valence-corrected chi connectivity index (χ1v) is 12.5. The number of rotatable bonds is 8. The van der Waals surface area contributed by atoms with Gasteiger partial charge in [-0.25, -0.2) is 0 Å². The molecule has 0 N–H and O–H groups in total. The van der Waals surface area contributed by atoms with Crippen LogP contribution in [0.1, 0.15) is 12.0 Å². The Kier molecular flexibility index (Phi) is 9.47. The number of nitrogens with zero attached hydrogens (tertiary/aromatic N) is 3. The summed E-state index contributed by atoms with van der Waals surface area (Å²) in [6.45, 7) is 4.60. The van der Waals surface area contributed by atoms with Crippen LogP contribution in [0, 0.1) is 11.3 Å². The first-order chi connectivity index (χ1) is 15.5. The highest BCUT2D eigenvalue weighted by Crippen LogP contribution is 2.30. The molecule has 166 valence electrons. The van der Waals surface area contributed by atoms with Gasteiger partial charge in [-0.15, -0.1) is 11.8 Å². The fourth-order valence-electron chi connectivity index (χ4n) is 2.65. The molecule has 0 amide bonds. The molecule has 1 saturated heterocycles. The summed E-state index contributed by atoms with van der Waals surface area (Å²) in [5.74, 6) is 3.02. The quantitative estimate of drug-likeness (QED) is 0.245. The van der Waals surface area contributed by atoms with Crippen LogP contribution in [0.25, 0.3) is 0 Å². The van der Waals surface area contributed by atoms with E-state index in [0.717, 1.165) is 17.3 Å². The Hall–Kier alpha value is -2.47. The molecular formula is C23H22ClN3O3S2. The van der Waals surface area contributed by atoms with E-state index in [4.69, 9.17) is 26.3 Å². The SMILES string of the molecule is C=C1CSCC(COC(=O)CCOc2ccc(N=Nc3ccc(C#N)cc3)cc2Cl)SC1. The number of hydrogen-bond donors (Lipinski definition) is 0. The van der Waals surface area contributed by atoms with Gasteiger partial charge in [-0.2, -0.15) is 27.3 Å². The zero-order valence-corrected chi connectivity index (χ0v) is 19.7. The van der Waals surface area contributed by atoms with Crippen molar-refractivity contribution in [2.24, 2.45) is 10.2 Å². The largest absolute Gasteiger partial charge is 0.491 e. The lowest BCUT2D eigenvalue weighted by Crippen LogP contribution is -2.19. The summed E-state index contributed by atoms with van der Waals surface area (Å²) in [6.07, 6.45) is 0.147. The van der Waals surface area contributed by atoms with Crippen molar-refractivity contribution in [1.82, 2.24) is 0 Å². The Morgan fingerprint density at radius 3 is 2.69 bits per heavy atom. The summed E-state index contributed by atoms with van der Waals surface area (Å²) in [5.41, 5.74) is 2.98. The first-order valence-electron chi connectivity index (χ1n) is 9.89. The van der Waals surface area contributed by atoms with E-state index in [9.17, 15) is 4.79 Å². The molecule has 0 saturated carbocycles. The Labute approximate surface area is 201 Å². The molecule has 32 heavy (non-hydrogen) atoms. The van der Waals surface area contributed by atoms with Crippen LogP contribution in [-0.2, 0) is 9.53 Å². The number of esters is 1. The second-order valence-corrected chi connectivity index (χ2v) is 9.68. The molecule has 2 aromatic carbocycles. The lowest BCUT2D eigenvalue weighted by molar-refractivity contribution is -0.144. The molecule has 9 heteroatoms. The molecule has 0 radical (unpaired) electrons. The second kappa shape index (κ2) is 12.5. The highest BCUT2D eigenvalue weighted by molar-refractivity contribution is 8.04. The van der Waals surface area contributed by atoms with E-state index in [-0.39, 0.29) is 19.0 Å². The summed E-state index contributed by atoms with van der Waals surface area (Å²) >= 11 is 9.88. The van der Waals surface area contributed by atoms with E-state index in [2.05, 4.69) is 22.9 Å². The number of carbonyl (C=O) groups is 1. The Bertz CT molecular complexity index is 1020. The van der Waals surface area contributed by atoms with Crippen molar-refractivity contribution in [3.63, 3.8) is 0 Å². The molecule has 2 aromatic rings. The average Bonchev–Trinajstić information content (AvgIpc) is 3.02. The van der Waals surface area contributed by atoms with Crippen LogP contribution in [0.4, 0.5) is 11.4 Å². The van der Waals surface area contributed by atoms with E-state index < -0.39 is 0 Å². The van der Waals surface area contributed by atoms with Crippen molar-refractivity contribution < 1.29 is 14.3 Å². The molecule has 0 spiro atoms. The van der Waals surface area contributed by atoms with Gasteiger partial charge in [-0.1, -0.05) is 23.8 Å². The van der Waals surface area contributed by atoms with Crippen molar-refractivity contribution in [2.75, 3.05) is 30.5 Å². The summed E-state index contributed by atoms with van der Waals surface area (Å²) in [4.78, 5) is 12.0. The van der Waals surface area contributed by atoms with Crippen LogP contribution in [0.3, 0.4) is 0 Å². The minimum Gasteiger partial charge on any atom is -0.491 e. The number of nitriles is 1. The first kappa shape index (κ1) is 24.2. The standard InChI is InChI=1S/C23H22ClN3O3S2/c1-16-13-31-15-20(32-14-16)12-30-23(28)8-9-29-22-7-6-19(10-21(22)24)27-26-18-4-2-17(11-25)3-5-18/h2-7,10,20H,1,8-9,12-15H2. The number of azo groups is 1. The molecule has 1 unspecified atom stereocenters. The summed E-state index contributed by atoms with van der Waals surface area (Å²) in [5, 5.41) is 17.8. The van der Waals surface area contributed by atoms with E-state index in [1.165, 1.54) is 5.57 Å². The lowest BCUT2D eigenvalue weighted by atomic mass is 10.2. The zero-order chi connectivity index (χ0) is 22.8. The number of ether oxygens (including phenoxy) is 2. The molecule has 1 atom stereocenters. The van der Waals surface area contributed by atoms with E-state index in [0.29, 0.717) is 39.6 Å². The summed E-state index contributed by atoms with van der Waals surface area (Å²) in [7, 11) is 0. The van der Waals surface area contributed by atoms with Crippen molar-refractivity contribution in [1.29, 1.82) is 5.26 Å². The van der Waals surface area contributed by atoms with Gasteiger partial charge in [0.25, 0.3) is 0 Å². The van der Waals surface area contributed by atoms with Gasteiger partial charge in [0.05, 0.1) is 41.1 Å². The van der Waals surface area contributed by atoms with E-state index in [1.54, 1.807) is 54.2 Å². The maximum absolute atomic E-state index is 12.0. The third-order valence-corrected chi connectivity index (χ3v) is 7.43. The monoisotopic (exact) mass is 487 g/mol. The van der Waals surface area contributed by atoms with Crippen LogP contribution in [0.2, 0.25) is 5.02 Å². The Morgan fingerprint density at radius 2 is 1.94 bits per heavy atom. The fraction of sp³-hybridized carbons (Fsp3) is 0.304. The molecule has 1 fully saturated rings. The van der Waals surface area contributed by atoms with Crippen molar-refractivity contribution in [3.05, 3.63) is 65.2 Å². The molecule has 0 aliphatic carbocycles. The normalized spacial score (nSPS) is 16.4. The van der Waals surface area contributed by atoms with Crippen molar-refractivity contribution in [2.45, 2.75) is 11.7 Å². The molecule has 3 rings (SSSR count). The fourth-order valence-corrected chi connectivity index (χ4v) is 5.28. The minimum atomic E-state index is -0.289. The van der Waals surface area contributed by atoms with Gasteiger partial charge in [0.2, 0.25) is 0 Å². The molecule has 1 aliphatic rings. The summed E-state index contributed by atoms with van der Waals surface area (Å²) in [6, 6.07) is 13.9. The van der Waals surface area contributed by atoms with E-state index >= 15 is 0 Å². The van der Waals surface area contributed by atoms with Crippen molar-refractivity contribution in [3.8, 4) is 11.8 Å². The third kappa shape index (κ3) is 7.90. The van der Waals surface area contributed by atoms with Gasteiger partial charge in [0, 0.05) is 22.5 Å². The van der Waals surface area contributed by atoms with Crippen molar-refractivity contribution >= 4 is 52.5 Å². The number of hydrogen-bond acceptors (Lipinski definition) is 8. The number of carbonyl (C=O) groups excluding carboxylic acids is 1.